The summed E-state index contributed by atoms with van der Waals surface area (Å²) in [6, 6.07) is 5.96. The molecule has 0 saturated carbocycles. The lowest BCUT2D eigenvalue weighted by Crippen LogP contribution is -1.95. The molecule has 0 fully saturated rings. The lowest BCUT2D eigenvalue weighted by Gasteiger charge is -2.02. The fraction of sp³-hybridized carbons (Fsp3) is 0.333. The number of thioether (sulfide) groups is 1. The monoisotopic (exact) mass is 197 g/mol. The number of nitrogens with zero attached hydrogens (tertiary/aromatic N) is 1. The molecule has 0 bridgehead atoms. The zero-order chi connectivity index (χ0) is 9.84. The first-order valence-electron chi connectivity index (χ1n) is 3.91. The van der Waals surface area contributed by atoms with Gasteiger partial charge in [0.25, 0.3) is 5.88 Å². The molecule has 0 spiro atoms. The number of aryl methyl sites for hydroxylation is 2. The molecule has 0 N–H and O–H groups in total. The van der Waals surface area contributed by atoms with Crippen molar-refractivity contribution in [3.63, 3.8) is 0 Å². The van der Waals surface area contributed by atoms with Crippen LogP contribution in [0.15, 0.2) is 23.1 Å². The zero-order valence-electron chi connectivity index (χ0n) is 7.61. The molecule has 0 aliphatic carbocycles. The lowest BCUT2D eigenvalue weighted by molar-refractivity contribution is -0.456. The smallest absolute Gasteiger partial charge is 0.253 e. The van der Waals surface area contributed by atoms with E-state index in [1.165, 1.54) is 11.8 Å². The van der Waals surface area contributed by atoms with Crippen LogP contribution in [0.1, 0.15) is 11.1 Å². The zero-order valence-corrected chi connectivity index (χ0v) is 8.43. The van der Waals surface area contributed by atoms with Crippen molar-refractivity contribution < 1.29 is 4.92 Å². The van der Waals surface area contributed by atoms with Crippen LogP contribution in [-0.2, 0) is 0 Å². The summed E-state index contributed by atoms with van der Waals surface area (Å²) in [5.41, 5.74) is 2.23. The molecular weight excluding hydrogens is 186 g/mol. The van der Waals surface area contributed by atoms with E-state index in [9.17, 15) is 10.1 Å². The maximum Gasteiger partial charge on any atom is 0.253 e. The molecular formula is C9H11NO2S. The van der Waals surface area contributed by atoms with Gasteiger partial charge in [0, 0.05) is 9.82 Å². The molecule has 0 heterocycles. The van der Waals surface area contributed by atoms with E-state index in [0.717, 1.165) is 16.0 Å². The Hall–Kier alpha value is -1.03. The minimum atomic E-state index is -0.313. The van der Waals surface area contributed by atoms with E-state index in [1.54, 1.807) is 0 Å². The van der Waals surface area contributed by atoms with Crippen molar-refractivity contribution in [2.24, 2.45) is 0 Å². The van der Waals surface area contributed by atoms with Crippen molar-refractivity contribution in [1.29, 1.82) is 0 Å². The van der Waals surface area contributed by atoms with Gasteiger partial charge in [-0.25, -0.2) is 0 Å². The Morgan fingerprint density at radius 1 is 1.46 bits per heavy atom. The average molecular weight is 197 g/mol. The standard InChI is InChI=1S/C9H11NO2S/c1-7-3-4-8(2)9(5-7)13-6-10(11)12/h3-5H,6H2,1-2H3. The minimum absolute atomic E-state index is 0.0652. The van der Waals surface area contributed by atoms with Gasteiger partial charge in [-0.3, -0.25) is 10.1 Å². The third-order valence-electron chi connectivity index (χ3n) is 1.67. The SMILES string of the molecule is Cc1ccc(C)c(SC[N+](=O)[O-])c1. The van der Waals surface area contributed by atoms with Crippen molar-refractivity contribution in [2.75, 3.05) is 5.88 Å². The van der Waals surface area contributed by atoms with Gasteiger partial charge in [0.2, 0.25) is 0 Å². The fourth-order valence-corrected chi connectivity index (χ4v) is 1.79. The molecule has 0 saturated heterocycles. The van der Waals surface area contributed by atoms with Crippen LogP contribution in [-0.4, -0.2) is 10.8 Å². The molecule has 4 heteroatoms. The van der Waals surface area contributed by atoms with Crippen LogP contribution in [0.25, 0.3) is 0 Å². The van der Waals surface area contributed by atoms with E-state index in [2.05, 4.69) is 0 Å². The Morgan fingerprint density at radius 3 is 2.77 bits per heavy atom. The lowest BCUT2D eigenvalue weighted by atomic mass is 10.2. The van der Waals surface area contributed by atoms with Gasteiger partial charge in [-0.1, -0.05) is 12.1 Å². The second kappa shape index (κ2) is 4.28. The van der Waals surface area contributed by atoms with Crippen molar-refractivity contribution >= 4 is 11.8 Å². The molecule has 0 aromatic heterocycles. The summed E-state index contributed by atoms with van der Waals surface area (Å²) >= 11 is 1.27. The predicted molar refractivity (Wildman–Crippen MR) is 53.6 cm³/mol. The molecule has 1 aromatic carbocycles. The maximum atomic E-state index is 10.2. The topological polar surface area (TPSA) is 43.1 Å². The van der Waals surface area contributed by atoms with Gasteiger partial charge in [-0.05, 0) is 42.8 Å². The van der Waals surface area contributed by atoms with Gasteiger partial charge in [0.1, 0.15) is 0 Å². The molecule has 0 unspecified atom stereocenters. The van der Waals surface area contributed by atoms with E-state index in [0.29, 0.717) is 0 Å². The Morgan fingerprint density at radius 2 is 2.15 bits per heavy atom. The highest BCUT2D eigenvalue weighted by Crippen LogP contribution is 2.23. The van der Waals surface area contributed by atoms with Crippen LogP contribution in [0.2, 0.25) is 0 Å². The largest absolute Gasteiger partial charge is 0.264 e. The molecule has 70 valence electrons. The quantitative estimate of drug-likeness (QED) is 0.324. The number of hydrogen-bond acceptors (Lipinski definition) is 3. The summed E-state index contributed by atoms with van der Waals surface area (Å²) in [6.07, 6.45) is 0. The Labute approximate surface area is 81.3 Å². The summed E-state index contributed by atoms with van der Waals surface area (Å²) in [6.45, 7) is 3.94. The first kappa shape index (κ1) is 10.1. The van der Waals surface area contributed by atoms with Crippen molar-refractivity contribution in [3.8, 4) is 0 Å². The third-order valence-corrected chi connectivity index (χ3v) is 2.76. The summed E-state index contributed by atoms with van der Waals surface area (Å²) < 4.78 is 0. The first-order chi connectivity index (χ1) is 6.09. The van der Waals surface area contributed by atoms with Crippen LogP contribution >= 0.6 is 11.8 Å². The normalized spacial score (nSPS) is 10.0. The second-order valence-electron chi connectivity index (χ2n) is 2.88. The molecule has 0 amide bonds. The van der Waals surface area contributed by atoms with Gasteiger partial charge >= 0.3 is 0 Å². The van der Waals surface area contributed by atoms with E-state index < -0.39 is 0 Å². The van der Waals surface area contributed by atoms with Crippen molar-refractivity contribution in [3.05, 3.63) is 39.4 Å². The van der Waals surface area contributed by atoms with E-state index in [-0.39, 0.29) is 10.8 Å². The molecule has 3 nitrogen and oxygen atoms in total. The number of nitro groups is 1. The Bertz CT molecular complexity index is 325. The van der Waals surface area contributed by atoms with Gasteiger partial charge in [0.05, 0.1) is 0 Å². The average Bonchev–Trinajstić information content (AvgIpc) is 2.06. The van der Waals surface area contributed by atoms with E-state index in [1.807, 2.05) is 32.0 Å². The van der Waals surface area contributed by atoms with E-state index >= 15 is 0 Å². The summed E-state index contributed by atoms with van der Waals surface area (Å²) in [7, 11) is 0. The molecule has 0 aliphatic heterocycles. The van der Waals surface area contributed by atoms with E-state index in [4.69, 9.17) is 0 Å². The van der Waals surface area contributed by atoms with Crippen molar-refractivity contribution in [1.82, 2.24) is 0 Å². The summed E-state index contributed by atoms with van der Waals surface area (Å²) in [5, 5.41) is 10.2. The molecule has 0 aliphatic rings. The summed E-state index contributed by atoms with van der Waals surface area (Å²) in [4.78, 5) is 10.8. The van der Waals surface area contributed by atoms with Crippen LogP contribution in [0.5, 0.6) is 0 Å². The highest BCUT2D eigenvalue weighted by atomic mass is 32.2. The Balaban J connectivity index is 2.75. The van der Waals surface area contributed by atoms with Gasteiger partial charge in [0.15, 0.2) is 0 Å². The highest BCUT2D eigenvalue weighted by Gasteiger charge is 2.03. The van der Waals surface area contributed by atoms with Crippen LogP contribution in [0, 0.1) is 24.0 Å². The third kappa shape index (κ3) is 3.06. The fourth-order valence-electron chi connectivity index (χ4n) is 0.985. The molecule has 1 aromatic rings. The highest BCUT2D eigenvalue weighted by molar-refractivity contribution is 7.99. The van der Waals surface area contributed by atoms with Crippen LogP contribution < -0.4 is 0 Å². The number of rotatable bonds is 3. The summed E-state index contributed by atoms with van der Waals surface area (Å²) in [5.74, 6) is -0.0652. The molecule has 1 rings (SSSR count). The minimum Gasteiger partial charge on any atom is -0.264 e. The first-order valence-corrected chi connectivity index (χ1v) is 4.90. The predicted octanol–water partition coefficient (Wildman–Crippen LogP) is 2.63. The second-order valence-corrected chi connectivity index (χ2v) is 3.86. The number of hydrogen-bond donors (Lipinski definition) is 0. The molecule has 13 heavy (non-hydrogen) atoms. The maximum absolute atomic E-state index is 10.2. The molecule has 0 radical (unpaired) electrons. The van der Waals surface area contributed by atoms with Gasteiger partial charge in [-0.15, -0.1) is 0 Å². The van der Waals surface area contributed by atoms with Gasteiger partial charge < -0.3 is 0 Å². The van der Waals surface area contributed by atoms with Crippen LogP contribution in [0.4, 0.5) is 0 Å². The van der Waals surface area contributed by atoms with Crippen molar-refractivity contribution in [2.45, 2.75) is 18.7 Å². The van der Waals surface area contributed by atoms with Gasteiger partial charge in [-0.2, -0.15) is 0 Å². The molecule has 0 atom stereocenters. The number of benzene rings is 1. The Kier molecular flexibility index (Phi) is 3.31. The van der Waals surface area contributed by atoms with Crippen LogP contribution in [0.3, 0.4) is 0 Å².